The number of aryl methyl sites for hydroxylation is 1. The van der Waals surface area contributed by atoms with Gasteiger partial charge in [-0.1, -0.05) is 38.1 Å². The number of carbonyl (C=O) groups is 1. The second kappa shape index (κ2) is 7.81. The van der Waals surface area contributed by atoms with Crippen molar-refractivity contribution in [3.05, 3.63) is 59.7 Å². The largest absolute Gasteiger partial charge is 0.365 e. The van der Waals surface area contributed by atoms with Crippen molar-refractivity contribution in [2.75, 3.05) is 29.9 Å². The Morgan fingerprint density at radius 2 is 1.85 bits per heavy atom. The van der Waals surface area contributed by atoms with Crippen molar-refractivity contribution >= 4 is 17.4 Å². The molecule has 2 aromatic rings. The summed E-state index contributed by atoms with van der Waals surface area (Å²) in [5, 5.41) is 3.03. The minimum atomic E-state index is -0.0157. The summed E-state index contributed by atoms with van der Waals surface area (Å²) in [6.07, 6.45) is 0. The highest BCUT2D eigenvalue weighted by molar-refractivity contribution is 5.89. The van der Waals surface area contributed by atoms with Crippen molar-refractivity contribution in [2.24, 2.45) is 0 Å². The van der Waals surface area contributed by atoms with Crippen LogP contribution in [-0.4, -0.2) is 36.6 Å². The van der Waals surface area contributed by atoms with Gasteiger partial charge in [-0.15, -0.1) is 0 Å². The number of nitrogens with one attached hydrogen (secondary N) is 1. The van der Waals surface area contributed by atoms with Crippen LogP contribution >= 0.6 is 0 Å². The fraction of sp³-hybridized carbons (Fsp3) is 0.409. The lowest BCUT2D eigenvalue weighted by molar-refractivity contribution is 0.200. The second-order valence-electron chi connectivity index (χ2n) is 7.53. The molecule has 2 aromatic carbocycles. The van der Waals surface area contributed by atoms with E-state index in [1.54, 1.807) is 0 Å². The highest BCUT2D eigenvalue weighted by atomic mass is 16.2. The number of urea groups is 1. The van der Waals surface area contributed by atoms with Crippen molar-refractivity contribution in [3.63, 3.8) is 0 Å². The maximum absolute atomic E-state index is 12.6. The molecule has 1 N–H and O–H groups in total. The number of carbonyl (C=O) groups excluding carboxylic acids is 1. The van der Waals surface area contributed by atoms with Gasteiger partial charge in [-0.3, -0.25) is 0 Å². The molecule has 0 aromatic heterocycles. The van der Waals surface area contributed by atoms with Crippen LogP contribution in [0.25, 0.3) is 0 Å². The molecule has 1 saturated heterocycles. The van der Waals surface area contributed by atoms with Crippen LogP contribution in [0, 0.1) is 6.92 Å². The van der Waals surface area contributed by atoms with E-state index < -0.39 is 0 Å². The van der Waals surface area contributed by atoms with Gasteiger partial charge in [-0.25, -0.2) is 4.79 Å². The van der Waals surface area contributed by atoms with E-state index >= 15 is 0 Å². The third-order valence-electron chi connectivity index (χ3n) is 5.08. The summed E-state index contributed by atoms with van der Waals surface area (Å²) in [6.45, 7) is 10.9. The van der Waals surface area contributed by atoms with Gasteiger partial charge >= 0.3 is 6.03 Å². The molecule has 138 valence electrons. The molecule has 1 unspecified atom stereocenters. The fourth-order valence-electron chi connectivity index (χ4n) is 3.49. The molecule has 1 atom stereocenters. The Balaban J connectivity index is 1.60. The molecular formula is C22H29N3O. The SMILES string of the molecule is Cc1cccc(N2CCN(C(=O)Nc3ccc(C(C)C)cc3)CC2C)c1. The summed E-state index contributed by atoms with van der Waals surface area (Å²) in [5.74, 6) is 0.496. The lowest BCUT2D eigenvalue weighted by Crippen LogP contribution is -2.54. The monoisotopic (exact) mass is 351 g/mol. The number of amides is 2. The fourth-order valence-corrected chi connectivity index (χ4v) is 3.49. The molecule has 26 heavy (non-hydrogen) atoms. The topological polar surface area (TPSA) is 35.6 Å². The van der Waals surface area contributed by atoms with Gasteiger partial charge in [0.2, 0.25) is 0 Å². The van der Waals surface area contributed by atoms with E-state index in [1.807, 2.05) is 17.0 Å². The summed E-state index contributed by atoms with van der Waals surface area (Å²) in [5.41, 5.74) is 4.64. The summed E-state index contributed by atoms with van der Waals surface area (Å²) < 4.78 is 0. The number of hydrogen-bond acceptors (Lipinski definition) is 2. The number of nitrogens with zero attached hydrogens (tertiary/aromatic N) is 2. The first kappa shape index (κ1) is 18.3. The average molecular weight is 351 g/mol. The van der Waals surface area contributed by atoms with E-state index in [2.05, 4.69) is 74.3 Å². The van der Waals surface area contributed by atoms with E-state index in [0.717, 1.165) is 25.3 Å². The Morgan fingerprint density at radius 1 is 1.12 bits per heavy atom. The van der Waals surface area contributed by atoms with Crippen molar-refractivity contribution in [1.82, 2.24) is 4.90 Å². The zero-order valence-corrected chi connectivity index (χ0v) is 16.2. The molecule has 0 spiro atoms. The van der Waals surface area contributed by atoms with Gasteiger partial charge in [0.15, 0.2) is 0 Å². The molecule has 1 aliphatic rings. The zero-order valence-electron chi connectivity index (χ0n) is 16.2. The van der Waals surface area contributed by atoms with E-state index in [4.69, 9.17) is 0 Å². The van der Waals surface area contributed by atoms with Gasteiger partial charge in [0.1, 0.15) is 0 Å². The van der Waals surface area contributed by atoms with Gasteiger partial charge in [0.05, 0.1) is 0 Å². The minimum Gasteiger partial charge on any atom is -0.365 e. The molecule has 1 heterocycles. The average Bonchev–Trinajstić information content (AvgIpc) is 2.62. The first-order valence-electron chi connectivity index (χ1n) is 9.43. The Morgan fingerprint density at radius 3 is 2.46 bits per heavy atom. The molecule has 1 fully saturated rings. The maximum Gasteiger partial charge on any atom is 0.321 e. The first-order chi connectivity index (χ1) is 12.4. The first-order valence-corrected chi connectivity index (χ1v) is 9.43. The molecule has 2 amide bonds. The van der Waals surface area contributed by atoms with E-state index in [9.17, 15) is 4.79 Å². The Bertz CT molecular complexity index is 754. The third kappa shape index (κ3) is 4.18. The van der Waals surface area contributed by atoms with Crippen molar-refractivity contribution in [2.45, 2.75) is 39.7 Å². The molecule has 0 saturated carbocycles. The summed E-state index contributed by atoms with van der Waals surface area (Å²) in [6, 6.07) is 17.0. The zero-order chi connectivity index (χ0) is 18.7. The van der Waals surface area contributed by atoms with Crippen molar-refractivity contribution in [3.8, 4) is 0 Å². The normalized spacial score (nSPS) is 17.5. The Labute approximate surface area is 156 Å². The van der Waals surface area contributed by atoms with Crippen LogP contribution in [-0.2, 0) is 0 Å². The molecule has 1 aliphatic heterocycles. The molecule has 0 radical (unpaired) electrons. The lowest BCUT2D eigenvalue weighted by Gasteiger charge is -2.41. The Kier molecular flexibility index (Phi) is 5.50. The molecule has 3 rings (SSSR count). The van der Waals surface area contributed by atoms with Crippen LogP contribution < -0.4 is 10.2 Å². The van der Waals surface area contributed by atoms with E-state index in [1.165, 1.54) is 16.8 Å². The third-order valence-corrected chi connectivity index (χ3v) is 5.08. The molecular weight excluding hydrogens is 322 g/mol. The van der Waals surface area contributed by atoms with E-state index in [0.29, 0.717) is 12.0 Å². The van der Waals surface area contributed by atoms with Crippen molar-refractivity contribution < 1.29 is 4.79 Å². The van der Waals surface area contributed by atoms with Gasteiger partial charge in [0, 0.05) is 37.1 Å². The lowest BCUT2D eigenvalue weighted by atomic mass is 10.0. The smallest absolute Gasteiger partial charge is 0.321 e. The molecule has 4 heteroatoms. The van der Waals surface area contributed by atoms with Crippen LogP contribution in [0.5, 0.6) is 0 Å². The van der Waals surface area contributed by atoms with Gasteiger partial charge in [-0.05, 0) is 55.2 Å². The highest BCUT2D eigenvalue weighted by Crippen LogP contribution is 2.22. The van der Waals surface area contributed by atoms with Crippen LogP contribution in [0.2, 0.25) is 0 Å². The van der Waals surface area contributed by atoms with Gasteiger partial charge in [-0.2, -0.15) is 0 Å². The number of piperazine rings is 1. The van der Waals surface area contributed by atoms with Crippen molar-refractivity contribution in [1.29, 1.82) is 0 Å². The number of anilines is 2. The van der Waals surface area contributed by atoms with Crippen LogP contribution in [0.15, 0.2) is 48.5 Å². The quantitative estimate of drug-likeness (QED) is 0.857. The molecule has 4 nitrogen and oxygen atoms in total. The minimum absolute atomic E-state index is 0.0157. The summed E-state index contributed by atoms with van der Waals surface area (Å²) in [4.78, 5) is 16.9. The maximum atomic E-state index is 12.6. The summed E-state index contributed by atoms with van der Waals surface area (Å²) >= 11 is 0. The predicted octanol–water partition coefficient (Wildman–Crippen LogP) is 4.86. The molecule has 0 aliphatic carbocycles. The summed E-state index contributed by atoms with van der Waals surface area (Å²) in [7, 11) is 0. The number of rotatable bonds is 3. The predicted molar refractivity (Wildman–Crippen MR) is 109 cm³/mol. The van der Waals surface area contributed by atoms with Gasteiger partial charge in [0.25, 0.3) is 0 Å². The number of benzene rings is 2. The number of hydrogen-bond donors (Lipinski definition) is 1. The Hall–Kier alpha value is -2.49. The van der Waals surface area contributed by atoms with E-state index in [-0.39, 0.29) is 6.03 Å². The van der Waals surface area contributed by atoms with Crippen LogP contribution in [0.1, 0.15) is 37.8 Å². The van der Waals surface area contributed by atoms with Crippen LogP contribution in [0.3, 0.4) is 0 Å². The molecule has 0 bridgehead atoms. The highest BCUT2D eigenvalue weighted by Gasteiger charge is 2.27. The second-order valence-corrected chi connectivity index (χ2v) is 7.53. The standard InChI is InChI=1S/C22H29N3O/c1-16(2)19-8-10-20(11-9-19)23-22(26)24-12-13-25(18(4)15-24)21-7-5-6-17(3)14-21/h5-11,14,16,18H,12-13,15H2,1-4H3,(H,23,26). The van der Waals surface area contributed by atoms with Crippen LogP contribution in [0.4, 0.5) is 16.2 Å². The van der Waals surface area contributed by atoms with Gasteiger partial charge < -0.3 is 15.1 Å².